The molecule has 138 valence electrons. The van der Waals surface area contributed by atoms with E-state index in [4.69, 9.17) is 21.1 Å². The first-order valence-electron chi connectivity index (χ1n) is 8.78. The van der Waals surface area contributed by atoms with Crippen LogP contribution in [0.3, 0.4) is 0 Å². The van der Waals surface area contributed by atoms with Crippen LogP contribution in [-0.2, 0) is 11.2 Å². The van der Waals surface area contributed by atoms with E-state index in [9.17, 15) is 4.79 Å². The molecule has 0 bridgehead atoms. The van der Waals surface area contributed by atoms with Gasteiger partial charge >= 0.3 is 0 Å². The summed E-state index contributed by atoms with van der Waals surface area (Å²) < 4.78 is 11.4. The molecule has 0 radical (unpaired) electrons. The standard InChI is InChI=1S/C21H24ClNO3/c1-21(2)13-18(16-10-9-15(25-3)12-19(16)26-21)23-20(24)11-8-14-6-4-5-7-17(14)22/h4-7,9-10,12,18H,8,11,13H2,1-3H3,(H,23,24). The average Bonchev–Trinajstić information content (AvgIpc) is 2.59. The van der Waals surface area contributed by atoms with Gasteiger partial charge in [0.1, 0.15) is 17.1 Å². The number of rotatable bonds is 5. The summed E-state index contributed by atoms with van der Waals surface area (Å²) in [4.78, 5) is 12.5. The maximum atomic E-state index is 12.5. The number of hydrogen-bond acceptors (Lipinski definition) is 3. The molecule has 2 aromatic carbocycles. The van der Waals surface area contributed by atoms with Crippen LogP contribution in [0.1, 0.15) is 43.9 Å². The fraction of sp³-hybridized carbons (Fsp3) is 0.381. The summed E-state index contributed by atoms with van der Waals surface area (Å²) >= 11 is 6.17. The van der Waals surface area contributed by atoms with Gasteiger partial charge in [0.25, 0.3) is 0 Å². The van der Waals surface area contributed by atoms with E-state index in [1.807, 2.05) is 56.3 Å². The molecule has 0 saturated heterocycles. The third-order valence-corrected chi connectivity index (χ3v) is 4.96. The number of carbonyl (C=O) groups excluding carboxylic acids is 1. The van der Waals surface area contributed by atoms with Crippen molar-refractivity contribution in [1.29, 1.82) is 0 Å². The number of hydrogen-bond donors (Lipinski definition) is 1. The van der Waals surface area contributed by atoms with Crippen molar-refractivity contribution in [2.45, 2.75) is 44.8 Å². The van der Waals surface area contributed by atoms with Gasteiger partial charge in [0.2, 0.25) is 5.91 Å². The molecule has 0 spiro atoms. The van der Waals surface area contributed by atoms with Gasteiger partial charge in [-0.05, 0) is 44.0 Å². The van der Waals surface area contributed by atoms with Gasteiger partial charge in [-0.3, -0.25) is 4.79 Å². The Labute approximate surface area is 159 Å². The van der Waals surface area contributed by atoms with Crippen molar-refractivity contribution in [2.24, 2.45) is 0 Å². The summed E-state index contributed by atoms with van der Waals surface area (Å²) in [6.07, 6.45) is 1.73. The minimum atomic E-state index is -0.361. The van der Waals surface area contributed by atoms with Crippen molar-refractivity contribution in [1.82, 2.24) is 5.32 Å². The number of nitrogens with one attached hydrogen (secondary N) is 1. The van der Waals surface area contributed by atoms with Crippen LogP contribution in [0.25, 0.3) is 0 Å². The molecule has 1 unspecified atom stereocenters. The van der Waals surface area contributed by atoms with Gasteiger partial charge in [-0.15, -0.1) is 0 Å². The van der Waals surface area contributed by atoms with Crippen LogP contribution in [0.4, 0.5) is 0 Å². The Bertz CT molecular complexity index is 804. The number of halogens is 1. The Balaban J connectivity index is 1.71. The first-order chi connectivity index (χ1) is 12.4. The second-order valence-electron chi connectivity index (χ2n) is 7.18. The zero-order chi connectivity index (χ0) is 18.7. The fourth-order valence-electron chi connectivity index (χ4n) is 3.30. The minimum Gasteiger partial charge on any atom is -0.497 e. The van der Waals surface area contributed by atoms with Crippen LogP contribution in [0.5, 0.6) is 11.5 Å². The first-order valence-corrected chi connectivity index (χ1v) is 9.15. The normalized spacial score (nSPS) is 17.8. The van der Waals surface area contributed by atoms with Crippen LogP contribution in [-0.4, -0.2) is 18.6 Å². The lowest BCUT2D eigenvalue weighted by Gasteiger charge is -2.38. The number of ether oxygens (including phenoxy) is 2. The molecular formula is C21H24ClNO3. The molecule has 1 N–H and O–H groups in total. The van der Waals surface area contributed by atoms with E-state index in [0.717, 1.165) is 22.6 Å². The van der Waals surface area contributed by atoms with Crippen molar-refractivity contribution in [3.05, 3.63) is 58.6 Å². The number of benzene rings is 2. The van der Waals surface area contributed by atoms with Crippen molar-refractivity contribution < 1.29 is 14.3 Å². The quantitative estimate of drug-likeness (QED) is 0.826. The molecule has 1 aliphatic heterocycles. The highest BCUT2D eigenvalue weighted by Crippen LogP contribution is 2.41. The highest BCUT2D eigenvalue weighted by molar-refractivity contribution is 6.31. The van der Waals surface area contributed by atoms with Gasteiger partial charge in [0.05, 0.1) is 13.2 Å². The van der Waals surface area contributed by atoms with Crippen LogP contribution >= 0.6 is 11.6 Å². The van der Waals surface area contributed by atoms with Crippen molar-refractivity contribution in [2.75, 3.05) is 7.11 Å². The van der Waals surface area contributed by atoms with Crippen molar-refractivity contribution in [3.63, 3.8) is 0 Å². The summed E-state index contributed by atoms with van der Waals surface area (Å²) in [6, 6.07) is 13.3. The molecule has 26 heavy (non-hydrogen) atoms. The van der Waals surface area contributed by atoms with E-state index in [1.54, 1.807) is 7.11 Å². The van der Waals surface area contributed by atoms with Gasteiger partial charge in [0, 0.05) is 29.5 Å². The van der Waals surface area contributed by atoms with E-state index in [1.165, 1.54) is 0 Å². The van der Waals surface area contributed by atoms with Crippen LogP contribution in [0.2, 0.25) is 5.02 Å². The van der Waals surface area contributed by atoms with Gasteiger partial charge in [0.15, 0.2) is 0 Å². The zero-order valence-electron chi connectivity index (χ0n) is 15.3. The molecule has 0 fully saturated rings. The number of methoxy groups -OCH3 is 1. The molecule has 3 rings (SSSR count). The molecule has 5 heteroatoms. The van der Waals surface area contributed by atoms with Crippen LogP contribution in [0, 0.1) is 0 Å². The Morgan fingerprint density at radius 2 is 2.08 bits per heavy atom. The molecule has 1 atom stereocenters. The maximum Gasteiger partial charge on any atom is 0.220 e. The van der Waals surface area contributed by atoms with E-state index < -0.39 is 0 Å². The highest BCUT2D eigenvalue weighted by Gasteiger charge is 2.34. The summed E-state index contributed by atoms with van der Waals surface area (Å²) in [6.45, 7) is 4.05. The van der Waals surface area contributed by atoms with E-state index in [2.05, 4.69) is 5.32 Å². The van der Waals surface area contributed by atoms with E-state index in [-0.39, 0.29) is 17.6 Å². The second-order valence-corrected chi connectivity index (χ2v) is 7.59. The van der Waals surface area contributed by atoms with Crippen LogP contribution in [0.15, 0.2) is 42.5 Å². The lowest BCUT2D eigenvalue weighted by molar-refractivity contribution is -0.122. The van der Waals surface area contributed by atoms with Gasteiger partial charge < -0.3 is 14.8 Å². The molecule has 0 aromatic heterocycles. The molecule has 1 amide bonds. The highest BCUT2D eigenvalue weighted by atomic mass is 35.5. The Morgan fingerprint density at radius 3 is 2.81 bits per heavy atom. The maximum absolute atomic E-state index is 12.5. The van der Waals surface area contributed by atoms with E-state index >= 15 is 0 Å². The Morgan fingerprint density at radius 1 is 1.31 bits per heavy atom. The molecule has 1 aliphatic rings. The molecular weight excluding hydrogens is 350 g/mol. The largest absolute Gasteiger partial charge is 0.497 e. The fourth-order valence-corrected chi connectivity index (χ4v) is 3.53. The predicted molar refractivity (Wildman–Crippen MR) is 103 cm³/mol. The lowest BCUT2D eigenvalue weighted by Crippen LogP contribution is -2.41. The van der Waals surface area contributed by atoms with Crippen molar-refractivity contribution >= 4 is 17.5 Å². The Kier molecular flexibility index (Phi) is 5.42. The van der Waals surface area contributed by atoms with Gasteiger partial charge in [-0.2, -0.15) is 0 Å². The number of aryl methyl sites for hydroxylation is 1. The smallest absolute Gasteiger partial charge is 0.220 e. The topological polar surface area (TPSA) is 47.6 Å². The third-order valence-electron chi connectivity index (χ3n) is 4.59. The molecule has 0 aliphatic carbocycles. The molecule has 4 nitrogen and oxygen atoms in total. The van der Waals surface area contributed by atoms with E-state index in [0.29, 0.717) is 24.3 Å². The minimum absolute atomic E-state index is 0.00869. The number of fused-ring (bicyclic) bond motifs is 1. The SMILES string of the molecule is COc1ccc2c(c1)OC(C)(C)CC2NC(=O)CCc1ccccc1Cl. The monoisotopic (exact) mass is 373 g/mol. The molecule has 2 aromatic rings. The van der Waals surface area contributed by atoms with Gasteiger partial charge in [-0.25, -0.2) is 0 Å². The second kappa shape index (κ2) is 7.58. The summed E-state index contributed by atoms with van der Waals surface area (Å²) in [5.74, 6) is 1.51. The number of amides is 1. The number of carbonyl (C=O) groups is 1. The Hall–Kier alpha value is -2.20. The summed E-state index contributed by atoms with van der Waals surface area (Å²) in [7, 11) is 1.63. The zero-order valence-corrected chi connectivity index (χ0v) is 16.1. The summed E-state index contributed by atoms with van der Waals surface area (Å²) in [5.41, 5.74) is 1.61. The first kappa shape index (κ1) is 18.6. The van der Waals surface area contributed by atoms with Crippen LogP contribution < -0.4 is 14.8 Å². The predicted octanol–water partition coefficient (Wildman–Crippen LogP) is 4.70. The average molecular weight is 374 g/mol. The summed E-state index contributed by atoms with van der Waals surface area (Å²) in [5, 5.41) is 3.85. The van der Waals surface area contributed by atoms with Gasteiger partial charge in [-0.1, -0.05) is 29.8 Å². The van der Waals surface area contributed by atoms with Crippen molar-refractivity contribution in [3.8, 4) is 11.5 Å². The lowest BCUT2D eigenvalue weighted by atomic mass is 9.89. The molecule has 1 heterocycles. The molecule has 0 saturated carbocycles. The third kappa shape index (κ3) is 4.31.